The van der Waals surface area contributed by atoms with Gasteiger partial charge in [-0.3, -0.25) is 0 Å². The van der Waals surface area contributed by atoms with Crippen molar-refractivity contribution in [2.45, 2.75) is 6.11 Å². The van der Waals surface area contributed by atoms with Gasteiger partial charge in [-0.1, -0.05) is 0 Å². The number of hydrogen-bond donors (Lipinski definition) is 0. The molecule has 0 aliphatic heterocycles. The lowest BCUT2D eigenvalue weighted by Gasteiger charge is -2.20. The first-order chi connectivity index (χ1) is 13.1. The van der Waals surface area contributed by atoms with Crippen LogP contribution in [0.3, 0.4) is 0 Å². The van der Waals surface area contributed by atoms with Crippen molar-refractivity contribution in [2.75, 3.05) is 0 Å². The fraction of sp³-hybridized carbons (Fsp3) is 0.0526. The Morgan fingerprint density at radius 2 is 1.25 bits per heavy atom. The number of rotatable bonds is 4. The van der Waals surface area contributed by atoms with Gasteiger partial charge in [0.2, 0.25) is 0 Å². The Bertz CT molecular complexity index is 1030. The summed E-state index contributed by atoms with van der Waals surface area (Å²) in [5.74, 6) is -9.38. The summed E-state index contributed by atoms with van der Waals surface area (Å²) in [5, 5.41) is 0. The molecule has 28 heavy (non-hydrogen) atoms. The summed E-state index contributed by atoms with van der Waals surface area (Å²) < 4.78 is 114. The van der Waals surface area contributed by atoms with Gasteiger partial charge < -0.3 is 4.74 Å². The van der Waals surface area contributed by atoms with Gasteiger partial charge in [-0.05, 0) is 42.0 Å². The molecule has 0 radical (unpaired) electrons. The van der Waals surface area contributed by atoms with Gasteiger partial charge in [0.05, 0.1) is 0 Å². The van der Waals surface area contributed by atoms with Gasteiger partial charge in [0.25, 0.3) is 0 Å². The van der Waals surface area contributed by atoms with Crippen LogP contribution in [0.5, 0.6) is 5.75 Å². The van der Waals surface area contributed by atoms with E-state index < -0.39 is 63.5 Å². The maximum atomic E-state index is 14.2. The molecule has 0 aliphatic carbocycles. The second kappa shape index (κ2) is 7.14. The molecule has 0 unspecified atom stereocenters. The van der Waals surface area contributed by atoms with Crippen LogP contribution in [0.2, 0.25) is 0 Å². The normalized spacial score (nSPS) is 11.6. The maximum absolute atomic E-state index is 14.2. The summed E-state index contributed by atoms with van der Waals surface area (Å²) >= 11 is 0. The van der Waals surface area contributed by atoms with Crippen LogP contribution >= 0.6 is 0 Å². The minimum Gasteiger partial charge on any atom is -0.429 e. The zero-order valence-electron chi connectivity index (χ0n) is 13.6. The standard InChI is InChI=1S/C19H8F8O/c20-10-1-3-12(14(22)7-10)9-5-16(24)18(17(25)6-9)19(26,27)28-11-2-4-13(21)15(23)8-11/h1-8H. The van der Waals surface area contributed by atoms with Crippen LogP contribution in [0.25, 0.3) is 11.1 Å². The van der Waals surface area contributed by atoms with Gasteiger partial charge in [0.1, 0.15) is 34.6 Å². The first-order valence-corrected chi connectivity index (χ1v) is 7.55. The second-order valence-electron chi connectivity index (χ2n) is 5.63. The zero-order chi connectivity index (χ0) is 20.6. The molecular formula is C19H8F8O. The Labute approximate surface area is 152 Å². The maximum Gasteiger partial charge on any atom is 0.432 e. The molecule has 0 fully saturated rings. The summed E-state index contributed by atoms with van der Waals surface area (Å²) in [7, 11) is 0. The summed E-state index contributed by atoms with van der Waals surface area (Å²) in [6, 6.07) is 4.41. The molecule has 0 aromatic heterocycles. The first kappa shape index (κ1) is 19.7. The Kier molecular flexibility index (Phi) is 5.01. The lowest BCUT2D eigenvalue weighted by Crippen LogP contribution is -2.25. The molecule has 0 aliphatic rings. The highest BCUT2D eigenvalue weighted by atomic mass is 19.3. The molecule has 0 heterocycles. The quantitative estimate of drug-likeness (QED) is 0.463. The molecule has 3 aromatic carbocycles. The van der Waals surface area contributed by atoms with E-state index in [-0.39, 0.29) is 6.07 Å². The summed E-state index contributed by atoms with van der Waals surface area (Å²) in [5.41, 5.74) is -2.70. The van der Waals surface area contributed by atoms with Crippen LogP contribution < -0.4 is 4.74 Å². The molecule has 0 saturated heterocycles. The third-order valence-electron chi connectivity index (χ3n) is 3.71. The molecule has 3 rings (SSSR count). The first-order valence-electron chi connectivity index (χ1n) is 7.55. The molecule has 1 nitrogen and oxygen atoms in total. The Balaban J connectivity index is 2.00. The van der Waals surface area contributed by atoms with Crippen molar-refractivity contribution >= 4 is 0 Å². The zero-order valence-corrected chi connectivity index (χ0v) is 13.6. The van der Waals surface area contributed by atoms with Crippen molar-refractivity contribution in [3.8, 4) is 16.9 Å². The SMILES string of the molecule is Fc1ccc(-c2cc(F)c(C(F)(F)Oc3ccc(F)c(F)c3)c(F)c2)c(F)c1. The van der Waals surface area contributed by atoms with E-state index in [4.69, 9.17) is 0 Å². The van der Waals surface area contributed by atoms with Crippen molar-refractivity contribution in [3.63, 3.8) is 0 Å². The number of ether oxygens (including phenoxy) is 1. The molecule has 9 heteroatoms. The topological polar surface area (TPSA) is 9.23 Å². The molecule has 3 aromatic rings. The molecule has 0 atom stereocenters. The third kappa shape index (κ3) is 3.78. The number of alkyl halides is 2. The Hall–Kier alpha value is -3.10. The van der Waals surface area contributed by atoms with E-state index in [0.29, 0.717) is 30.3 Å². The van der Waals surface area contributed by atoms with Gasteiger partial charge in [-0.2, -0.15) is 8.78 Å². The van der Waals surface area contributed by atoms with Crippen LogP contribution in [-0.4, -0.2) is 0 Å². The van der Waals surface area contributed by atoms with Crippen LogP contribution in [0.1, 0.15) is 5.56 Å². The molecule has 0 amide bonds. The van der Waals surface area contributed by atoms with E-state index in [9.17, 15) is 35.1 Å². The molecule has 0 N–H and O–H groups in total. The average Bonchev–Trinajstić information content (AvgIpc) is 2.57. The van der Waals surface area contributed by atoms with Crippen LogP contribution in [0.15, 0.2) is 48.5 Å². The van der Waals surface area contributed by atoms with E-state index in [1.54, 1.807) is 0 Å². The van der Waals surface area contributed by atoms with Gasteiger partial charge in [-0.25, -0.2) is 26.3 Å². The fourth-order valence-electron chi connectivity index (χ4n) is 2.47. The predicted octanol–water partition coefficient (Wildman–Crippen LogP) is 6.32. The lowest BCUT2D eigenvalue weighted by molar-refractivity contribution is -0.189. The van der Waals surface area contributed by atoms with Crippen molar-refractivity contribution in [3.05, 3.63) is 89.0 Å². The average molecular weight is 404 g/mol. The smallest absolute Gasteiger partial charge is 0.429 e. The van der Waals surface area contributed by atoms with Crippen molar-refractivity contribution in [1.82, 2.24) is 0 Å². The minimum atomic E-state index is -4.60. The van der Waals surface area contributed by atoms with Crippen LogP contribution in [-0.2, 0) is 6.11 Å². The van der Waals surface area contributed by atoms with Crippen molar-refractivity contribution < 1.29 is 39.9 Å². The lowest BCUT2D eigenvalue weighted by atomic mass is 10.0. The van der Waals surface area contributed by atoms with Gasteiger partial charge >= 0.3 is 6.11 Å². The number of benzene rings is 3. The highest BCUT2D eigenvalue weighted by Gasteiger charge is 2.41. The largest absolute Gasteiger partial charge is 0.432 e. The van der Waals surface area contributed by atoms with Crippen molar-refractivity contribution in [1.29, 1.82) is 0 Å². The van der Waals surface area contributed by atoms with E-state index >= 15 is 0 Å². The van der Waals surface area contributed by atoms with E-state index in [2.05, 4.69) is 4.74 Å². The van der Waals surface area contributed by atoms with Gasteiger partial charge in [-0.15, -0.1) is 0 Å². The highest BCUT2D eigenvalue weighted by molar-refractivity contribution is 5.65. The van der Waals surface area contributed by atoms with Gasteiger partial charge in [0.15, 0.2) is 11.6 Å². The predicted molar refractivity (Wildman–Crippen MR) is 82.6 cm³/mol. The molecule has 0 bridgehead atoms. The summed E-state index contributed by atoms with van der Waals surface area (Å²) in [6.07, 6.45) is -4.60. The van der Waals surface area contributed by atoms with E-state index in [0.717, 1.165) is 12.1 Å². The fourth-order valence-corrected chi connectivity index (χ4v) is 2.47. The highest BCUT2D eigenvalue weighted by Crippen LogP contribution is 2.37. The van der Waals surface area contributed by atoms with E-state index in [1.165, 1.54) is 0 Å². The molecule has 146 valence electrons. The van der Waals surface area contributed by atoms with E-state index in [1.807, 2.05) is 0 Å². The van der Waals surface area contributed by atoms with Crippen LogP contribution in [0, 0.1) is 34.9 Å². The molecule has 0 spiro atoms. The Morgan fingerprint density at radius 3 is 1.82 bits per heavy atom. The third-order valence-corrected chi connectivity index (χ3v) is 3.71. The van der Waals surface area contributed by atoms with Crippen molar-refractivity contribution in [2.24, 2.45) is 0 Å². The second-order valence-corrected chi connectivity index (χ2v) is 5.63. The monoisotopic (exact) mass is 404 g/mol. The summed E-state index contributed by atoms with van der Waals surface area (Å²) in [4.78, 5) is 0. The number of hydrogen-bond acceptors (Lipinski definition) is 1. The van der Waals surface area contributed by atoms with Gasteiger partial charge in [0, 0.05) is 17.7 Å². The summed E-state index contributed by atoms with van der Waals surface area (Å²) in [6.45, 7) is 0. The molecular weight excluding hydrogens is 396 g/mol. The minimum absolute atomic E-state index is 0.279. The Morgan fingerprint density at radius 1 is 0.607 bits per heavy atom. The van der Waals surface area contributed by atoms with Crippen LogP contribution in [0.4, 0.5) is 35.1 Å². The molecule has 0 saturated carbocycles. The number of halogens is 8.